The van der Waals surface area contributed by atoms with Crippen LogP contribution < -0.4 is 0 Å². The third kappa shape index (κ3) is 2.02. The van der Waals surface area contributed by atoms with Gasteiger partial charge in [-0.15, -0.1) is 0 Å². The number of carbonyl (C=O) groups excluding carboxylic acids is 1. The molecule has 0 aromatic heterocycles. The Bertz CT molecular complexity index is 396. The first-order valence-electron chi connectivity index (χ1n) is 8.89. The fraction of sp³-hybridized carbons (Fsp3) is 0.944. The van der Waals surface area contributed by atoms with Crippen LogP contribution in [0.2, 0.25) is 0 Å². The highest BCUT2D eigenvalue weighted by molar-refractivity contribution is 5.74. The molecule has 0 heterocycles. The average molecular weight is 276 g/mol. The quantitative estimate of drug-likeness (QED) is 0.702. The first-order valence-corrected chi connectivity index (χ1v) is 8.89. The van der Waals surface area contributed by atoms with Crippen LogP contribution in [0.4, 0.5) is 0 Å². The lowest BCUT2D eigenvalue weighted by Crippen LogP contribution is -2.38. The van der Waals surface area contributed by atoms with Crippen molar-refractivity contribution in [2.45, 2.75) is 76.7 Å². The first kappa shape index (κ1) is 13.2. The van der Waals surface area contributed by atoms with Crippen molar-refractivity contribution in [1.82, 2.24) is 0 Å². The van der Waals surface area contributed by atoms with E-state index in [1.54, 1.807) is 0 Å². The van der Waals surface area contributed by atoms with Crippen molar-refractivity contribution in [2.24, 2.45) is 29.6 Å². The molecule has 2 bridgehead atoms. The maximum atomic E-state index is 12.7. The normalized spacial score (nSPS) is 45.4. The van der Waals surface area contributed by atoms with Crippen molar-refractivity contribution in [3.05, 3.63) is 0 Å². The zero-order chi connectivity index (χ0) is 13.7. The number of hydrogen-bond donors (Lipinski definition) is 0. The van der Waals surface area contributed by atoms with Crippen LogP contribution >= 0.6 is 0 Å². The lowest BCUT2D eigenvalue weighted by atomic mass is 9.78. The Labute approximate surface area is 122 Å². The number of ether oxygens (including phenoxy) is 1. The summed E-state index contributed by atoms with van der Waals surface area (Å²) in [4.78, 5) is 12.7. The molecular weight excluding hydrogens is 248 g/mol. The molecule has 4 saturated carbocycles. The maximum Gasteiger partial charge on any atom is 0.309 e. The van der Waals surface area contributed by atoms with Gasteiger partial charge in [-0.05, 0) is 88.4 Å². The van der Waals surface area contributed by atoms with Gasteiger partial charge in [0.25, 0.3) is 0 Å². The Morgan fingerprint density at radius 2 is 1.75 bits per heavy atom. The summed E-state index contributed by atoms with van der Waals surface area (Å²) in [6.07, 6.45) is 12.5. The fourth-order valence-corrected chi connectivity index (χ4v) is 6.07. The van der Waals surface area contributed by atoms with E-state index in [0.29, 0.717) is 5.92 Å². The standard InChI is InChI=1S/C18H28O2/c1-18(9-3-2-4-10-18)20-17(19)15-8-7-14-12-5-6-13(11-12)16(14)15/h12-16H,2-11H2,1H3. The van der Waals surface area contributed by atoms with E-state index < -0.39 is 0 Å². The molecule has 0 aromatic carbocycles. The van der Waals surface area contributed by atoms with Crippen LogP contribution in [0.25, 0.3) is 0 Å². The van der Waals surface area contributed by atoms with Gasteiger partial charge in [0.15, 0.2) is 0 Å². The Balaban J connectivity index is 1.44. The second kappa shape index (κ2) is 4.74. The van der Waals surface area contributed by atoms with Gasteiger partial charge in [-0.2, -0.15) is 0 Å². The van der Waals surface area contributed by atoms with Gasteiger partial charge in [0.1, 0.15) is 5.60 Å². The van der Waals surface area contributed by atoms with Crippen molar-refractivity contribution in [1.29, 1.82) is 0 Å². The predicted molar refractivity (Wildman–Crippen MR) is 78.1 cm³/mol. The molecule has 0 amide bonds. The highest BCUT2D eigenvalue weighted by atomic mass is 16.6. The Morgan fingerprint density at radius 3 is 2.55 bits per heavy atom. The summed E-state index contributed by atoms with van der Waals surface area (Å²) < 4.78 is 6.04. The van der Waals surface area contributed by atoms with Crippen molar-refractivity contribution in [3.63, 3.8) is 0 Å². The Kier molecular flexibility index (Phi) is 3.12. The molecule has 5 atom stereocenters. The smallest absolute Gasteiger partial charge is 0.309 e. The van der Waals surface area contributed by atoms with Gasteiger partial charge in [0.05, 0.1) is 5.92 Å². The van der Waals surface area contributed by atoms with Gasteiger partial charge in [-0.25, -0.2) is 0 Å². The summed E-state index contributed by atoms with van der Waals surface area (Å²) in [6.45, 7) is 2.16. The van der Waals surface area contributed by atoms with E-state index in [0.717, 1.165) is 37.0 Å². The van der Waals surface area contributed by atoms with Crippen LogP contribution in [0.5, 0.6) is 0 Å². The van der Waals surface area contributed by atoms with Gasteiger partial charge in [0, 0.05) is 0 Å². The van der Waals surface area contributed by atoms with Crippen molar-refractivity contribution in [2.75, 3.05) is 0 Å². The highest BCUT2D eigenvalue weighted by Crippen LogP contribution is 2.61. The molecule has 0 radical (unpaired) electrons. The Morgan fingerprint density at radius 1 is 1.00 bits per heavy atom. The van der Waals surface area contributed by atoms with Crippen LogP contribution in [0, 0.1) is 29.6 Å². The average Bonchev–Trinajstić information content (AvgIpc) is 3.12. The number of esters is 1. The van der Waals surface area contributed by atoms with Crippen LogP contribution in [0.1, 0.15) is 71.1 Å². The molecule has 5 unspecified atom stereocenters. The zero-order valence-electron chi connectivity index (χ0n) is 12.8. The minimum atomic E-state index is -0.148. The highest BCUT2D eigenvalue weighted by Gasteiger charge is 2.55. The number of carbonyl (C=O) groups is 1. The molecule has 4 fully saturated rings. The molecule has 20 heavy (non-hydrogen) atoms. The van der Waals surface area contributed by atoms with E-state index >= 15 is 0 Å². The fourth-order valence-electron chi connectivity index (χ4n) is 6.07. The van der Waals surface area contributed by atoms with E-state index in [9.17, 15) is 4.79 Å². The third-order valence-electron chi connectivity index (χ3n) is 6.99. The lowest BCUT2D eigenvalue weighted by Gasteiger charge is -2.35. The molecular formula is C18H28O2. The maximum absolute atomic E-state index is 12.7. The number of fused-ring (bicyclic) bond motifs is 5. The van der Waals surface area contributed by atoms with E-state index in [-0.39, 0.29) is 17.5 Å². The summed E-state index contributed by atoms with van der Waals surface area (Å²) >= 11 is 0. The van der Waals surface area contributed by atoms with Crippen LogP contribution in [0.15, 0.2) is 0 Å². The molecule has 2 heteroatoms. The van der Waals surface area contributed by atoms with Crippen LogP contribution in [0.3, 0.4) is 0 Å². The Hall–Kier alpha value is -0.530. The molecule has 0 aliphatic heterocycles. The van der Waals surface area contributed by atoms with Crippen molar-refractivity contribution >= 4 is 5.97 Å². The molecule has 0 N–H and O–H groups in total. The zero-order valence-corrected chi connectivity index (χ0v) is 12.8. The molecule has 2 nitrogen and oxygen atoms in total. The summed E-state index contributed by atoms with van der Waals surface area (Å²) in [7, 11) is 0. The molecule has 0 aromatic rings. The predicted octanol–water partition coefficient (Wildman–Crippen LogP) is 4.32. The van der Waals surface area contributed by atoms with Crippen molar-refractivity contribution < 1.29 is 9.53 Å². The van der Waals surface area contributed by atoms with Gasteiger partial charge in [0.2, 0.25) is 0 Å². The van der Waals surface area contributed by atoms with Gasteiger partial charge in [-0.1, -0.05) is 6.42 Å². The lowest BCUT2D eigenvalue weighted by molar-refractivity contribution is -0.168. The molecule has 4 aliphatic rings. The SMILES string of the molecule is CC1(OC(=O)C2CCC3C4CCC(C4)C23)CCCCC1. The summed E-state index contributed by atoms with van der Waals surface area (Å²) in [5, 5.41) is 0. The van der Waals surface area contributed by atoms with Gasteiger partial charge < -0.3 is 4.74 Å². The second-order valence-electron chi connectivity index (χ2n) is 8.19. The van der Waals surface area contributed by atoms with E-state index in [4.69, 9.17) is 4.74 Å². The molecule has 0 saturated heterocycles. The van der Waals surface area contributed by atoms with Gasteiger partial charge >= 0.3 is 5.97 Å². The van der Waals surface area contributed by atoms with Gasteiger partial charge in [-0.3, -0.25) is 4.79 Å². The molecule has 0 spiro atoms. The van der Waals surface area contributed by atoms with E-state index in [2.05, 4.69) is 6.92 Å². The first-order chi connectivity index (χ1) is 9.66. The monoisotopic (exact) mass is 276 g/mol. The number of rotatable bonds is 2. The third-order valence-corrected chi connectivity index (χ3v) is 6.99. The van der Waals surface area contributed by atoms with Crippen LogP contribution in [-0.2, 0) is 9.53 Å². The summed E-state index contributed by atoms with van der Waals surface area (Å²) in [6, 6.07) is 0. The van der Waals surface area contributed by atoms with E-state index in [1.165, 1.54) is 44.9 Å². The second-order valence-corrected chi connectivity index (χ2v) is 8.19. The molecule has 4 aliphatic carbocycles. The van der Waals surface area contributed by atoms with Crippen LogP contribution in [-0.4, -0.2) is 11.6 Å². The molecule has 4 rings (SSSR count). The van der Waals surface area contributed by atoms with Crippen molar-refractivity contribution in [3.8, 4) is 0 Å². The minimum Gasteiger partial charge on any atom is -0.459 e. The summed E-state index contributed by atoms with van der Waals surface area (Å²) in [5.74, 6) is 3.76. The minimum absolute atomic E-state index is 0.148. The number of hydrogen-bond acceptors (Lipinski definition) is 2. The van der Waals surface area contributed by atoms with E-state index in [1.807, 2.05) is 0 Å². The topological polar surface area (TPSA) is 26.3 Å². The molecule has 112 valence electrons. The summed E-state index contributed by atoms with van der Waals surface area (Å²) in [5.41, 5.74) is -0.148. The largest absolute Gasteiger partial charge is 0.459 e.